The van der Waals surface area contributed by atoms with Gasteiger partial charge in [0.25, 0.3) is 0 Å². The number of hydrogen-bond acceptors (Lipinski definition) is 2. The second-order valence-corrected chi connectivity index (χ2v) is 4.81. The third-order valence-electron chi connectivity index (χ3n) is 3.12. The van der Waals surface area contributed by atoms with Crippen LogP contribution < -0.4 is 5.32 Å². The predicted octanol–water partition coefficient (Wildman–Crippen LogP) is 1.95. The van der Waals surface area contributed by atoms with Gasteiger partial charge in [-0.05, 0) is 36.5 Å². The minimum Gasteiger partial charge on any atom is -0.389 e. The van der Waals surface area contributed by atoms with Gasteiger partial charge in [0.15, 0.2) is 0 Å². The summed E-state index contributed by atoms with van der Waals surface area (Å²) in [5, 5.41) is 13.3. The lowest BCUT2D eigenvalue weighted by molar-refractivity contribution is 0.195. The summed E-state index contributed by atoms with van der Waals surface area (Å²) in [6.07, 6.45) is 0.613. The van der Waals surface area contributed by atoms with Crippen LogP contribution in [0.25, 0.3) is 0 Å². The predicted molar refractivity (Wildman–Crippen MR) is 60.2 cm³/mol. The van der Waals surface area contributed by atoms with Crippen LogP contribution in [0.4, 0.5) is 0 Å². The zero-order valence-corrected chi connectivity index (χ0v) is 9.96. The summed E-state index contributed by atoms with van der Waals surface area (Å²) in [7, 11) is 1.98. The Kier molecular flexibility index (Phi) is 3.73. The molecule has 1 rings (SSSR count). The first-order valence-electron chi connectivity index (χ1n) is 5.58. The minimum atomic E-state index is -0.232. The largest absolute Gasteiger partial charge is 0.389 e. The Balaban J connectivity index is 3.04. The molecule has 2 heteroatoms. The first kappa shape index (κ1) is 11.7. The van der Waals surface area contributed by atoms with Crippen molar-refractivity contribution in [1.82, 2.24) is 5.32 Å². The van der Waals surface area contributed by atoms with Gasteiger partial charge in [0.05, 0.1) is 6.10 Å². The van der Waals surface area contributed by atoms with Crippen LogP contribution in [0.3, 0.4) is 0 Å². The number of rotatable bonds is 3. The highest BCUT2D eigenvalue weighted by Gasteiger charge is 2.33. The lowest BCUT2D eigenvalue weighted by atomic mass is 9.91. The van der Waals surface area contributed by atoms with Crippen LogP contribution in [0, 0.1) is 11.8 Å². The van der Waals surface area contributed by atoms with E-state index in [9.17, 15) is 5.11 Å². The van der Waals surface area contributed by atoms with Gasteiger partial charge in [0.1, 0.15) is 0 Å². The van der Waals surface area contributed by atoms with Crippen molar-refractivity contribution in [2.45, 2.75) is 46.3 Å². The molecule has 0 amide bonds. The van der Waals surface area contributed by atoms with Gasteiger partial charge in [-0.15, -0.1) is 0 Å². The maximum absolute atomic E-state index is 9.98. The number of hydrogen-bond donors (Lipinski definition) is 2. The molecule has 82 valence electrons. The van der Waals surface area contributed by atoms with E-state index in [4.69, 9.17) is 0 Å². The van der Waals surface area contributed by atoms with E-state index in [-0.39, 0.29) is 6.10 Å². The smallest absolute Gasteiger partial charge is 0.0773 e. The molecule has 0 fully saturated rings. The lowest BCUT2D eigenvalue weighted by Gasteiger charge is -2.19. The van der Waals surface area contributed by atoms with E-state index in [1.54, 1.807) is 0 Å². The van der Waals surface area contributed by atoms with Crippen LogP contribution in [-0.4, -0.2) is 24.3 Å². The molecule has 0 bridgehead atoms. The molecule has 1 aliphatic carbocycles. The van der Waals surface area contributed by atoms with E-state index in [1.165, 1.54) is 11.1 Å². The van der Waals surface area contributed by atoms with Gasteiger partial charge in [-0.25, -0.2) is 0 Å². The van der Waals surface area contributed by atoms with E-state index >= 15 is 0 Å². The molecule has 2 nitrogen and oxygen atoms in total. The molecule has 0 saturated heterocycles. The van der Waals surface area contributed by atoms with Crippen LogP contribution in [0.2, 0.25) is 0 Å². The molecular weight excluding hydrogens is 174 g/mol. The Morgan fingerprint density at radius 2 is 1.64 bits per heavy atom. The van der Waals surface area contributed by atoms with E-state index in [1.807, 2.05) is 7.05 Å². The summed E-state index contributed by atoms with van der Waals surface area (Å²) < 4.78 is 0. The lowest BCUT2D eigenvalue weighted by Crippen LogP contribution is -2.27. The molecule has 1 aliphatic rings. The second kappa shape index (κ2) is 4.45. The molecule has 14 heavy (non-hydrogen) atoms. The van der Waals surface area contributed by atoms with Gasteiger partial charge in [0, 0.05) is 6.04 Å². The Hall–Kier alpha value is -0.340. The first-order valence-corrected chi connectivity index (χ1v) is 5.58. The maximum atomic E-state index is 9.98. The molecule has 0 aliphatic heterocycles. The van der Waals surface area contributed by atoms with Gasteiger partial charge in [-0.1, -0.05) is 27.7 Å². The quantitative estimate of drug-likeness (QED) is 0.678. The second-order valence-electron chi connectivity index (χ2n) is 4.81. The minimum absolute atomic E-state index is 0.232. The summed E-state index contributed by atoms with van der Waals surface area (Å²) in [4.78, 5) is 0. The van der Waals surface area contributed by atoms with E-state index in [2.05, 4.69) is 33.0 Å². The number of nitrogens with one attached hydrogen (secondary N) is 1. The summed E-state index contributed by atoms with van der Waals surface area (Å²) in [6.45, 7) is 8.75. The topological polar surface area (TPSA) is 32.3 Å². The summed E-state index contributed by atoms with van der Waals surface area (Å²) in [6, 6.07) is 0.377. The Labute approximate surface area is 87.4 Å². The van der Waals surface area contributed by atoms with Crippen molar-refractivity contribution in [2.75, 3.05) is 7.05 Å². The third kappa shape index (κ3) is 2.01. The Morgan fingerprint density at radius 1 is 1.14 bits per heavy atom. The fraction of sp³-hybridized carbons (Fsp3) is 0.833. The van der Waals surface area contributed by atoms with Crippen LogP contribution >= 0.6 is 0 Å². The summed E-state index contributed by atoms with van der Waals surface area (Å²) >= 11 is 0. The maximum Gasteiger partial charge on any atom is 0.0773 e. The summed E-state index contributed by atoms with van der Waals surface area (Å²) in [5.74, 6) is 0.989. The Bertz CT molecular complexity index is 230. The molecule has 0 aromatic heterocycles. The van der Waals surface area contributed by atoms with Crippen molar-refractivity contribution in [2.24, 2.45) is 11.8 Å². The molecule has 2 atom stereocenters. The number of aliphatic hydroxyl groups is 1. The molecule has 0 heterocycles. The van der Waals surface area contributed by atoms with E-state index in [0.717, 1.165) is 6.42 Å². The molecule has 0 spiro atoms. The fourth-order valence-corrected chi connectivity index (χ4v) is 2.60. The normalized spacial score (nSPS) is 28.3. The van der Waals surface area contributed by atoms with Gasteiger partial charge < -0.3 is 10.4 Å². The van der Waals surface area contributed by atoms with Gasteiger partial charge in [0.2, 0.25) is 0 Å². The highest BCUT2D eigenvalue weighted by molar-refractivity contribution is 5.32. The zero-order valence-electron chi connectivity index (χ0n) is 9.96. The molecule has 2 N–H and O–H groups in total. The molecule has 0 radical (unpaired) electrons. The molecule has 0 aromatic carbocycles. The van der Waals surface area contributed by atoms with Gasteiger partial charge in [-0.3, -0.25) is 0 Å². The zero-order chi connectivity index (χ0) is 10.9. The average Bonchev–Trinajstić information content (AvgIpc) is 2.41. The Morgan fingerprint density at radius 3 is 2.00 bits per heavy atom. The molecule has 0 aromatic rings. The average molecular weight is 197 g/mol. The summed E-state index contributed by atoms with van der Waals surface area (Å²) in [5.41, 5.74) is 2.69. The van der Waals surface area contributed by atoms with Gasteiger partial charge in [-0.2, -0.15) is 0 Å². The fourth-order valence-electron chi connectivity index (χ4n) is 2.60. The number of aliphatic hydroxyl groups excluding tert-OH is 1. The number of likely N-dealkylation sites (N-methyl/N-ethyl adjacent to an activating group) is 1. The molecular formula is C12H23NO. The SMILES string of the molecule is CNC1CC(O)C(C(C)C)=C1C(C)C. The van der Waals surface area contributed by atoms with Crippen molar-refractivity contribution < 1.29 is 5.11 Å². The van der Waals surface area contributed by atoms with Gasteiger partial charge >= 0.3 is 0 Å². The van der Waals surface area contributed by atoms with Crippen molar-refractivity contribution in [1.29, 1.82) is 0 Å². The van der Waals surface area contributed by atoms with E-state index in [0.29, 0.717) is 17.9 Å². The molecule has 0 saturated carbocycles. The van der Waals surface area contributed by atoms with Crippen molar-refractivity contribution in [3.8, 4) is 0 Å². The van der Waals surface area contributed by atoms with Crippen molar-refractivity contribution >= 4 is 0 Å². The monoisotopic (exact) mass is 197 g/mol. The van der Waals surface area contributed by atoms with Crippen LogP contribution in [0.5, 0.6) is 0 Å². The van der Waals surface area contributed by atoms with Crippen LogP contribution in [0.1, 0.15) is 34.1 Å². The van der Waals surface area contributed by atoms with Crippen molar-refractivity contribution in [3.05, 3.63) is 11.1 Å². The van der Waals surface area contributed by atoms with Crippen LogP contribution in [0.15, 0.2) is 11.1 Å². The van der Waals surface area contributed by atoms with E-state index < -0.39 is 0 Å². The standard InChI is InChI=1S/C12H23NO/c1-7(2)11-9(13-5)6-10(14)12(11)8(3)4/h7-10,13-14H,6H2,1-5H3. The van der Waals surface area contributed by atoms with Crippen molar-refractivity contribution in [3.63, 3.8) is 0 Å². The highest BCUT2D eigenvalue weighted by Crippen LogP contribution is 2.35. The van der Waals surface area contributed by atoms with Crippen LogP contribution in [-0.2, 0) is 0 Å². The first-order chi connectivity index (χ1) is 6.49. The third-order valence-corrected chi connectivity index (χ3v) is 3.12. The highest BCUT2D eigenvalue weighted by atomic mass is 16.3. The molecule has 2 unspecified atom stereocenters.